The van der Waals surface area contributed by atoms with Gasteiger partial charge in [-0.15, -0.1) is 0 Å². The monoisotopic (exact) mass is 250 g/mol. The van der Waals surface area contributed by atoms with Crippen LogP contribution < -0.4 is 5.32 Å². The molecule has 0 aliphatic heterocycles. The molecule has 92 valence electrons. The molecule has 18 heavy (non-hydrogen) atoms. The molecule has 0 fully saturated rings. The van der Waals surface area contributed by atoms with Crippen LogP contribution in [0.15, 0.2) is 24.3 Å². The fourth-order valence-corrected chi connectivity index (χ4v) is 1.21. The van der Waals surface area contributed by atoms with Crippen LogP contribution in [0.3, 0.4) is 0 Å². The van der Waals surface area contributed by atoms with E-state index in [0.29, 0.717) is 0 Å². The molecule has 0 aliphatic rings. The predicted octanol–water partition coefficient (Wildman–Crippen LogP) is 0.894. The molecule has 0 saturated carbocycles. The summed E-state index contributed by atoms with van der Waals surface area (Å²) in [6, 6.07) is 4.90. The van der Waals surface area contributed by atoms with Crippen LogP contribution in [0.2, 0.25) is 0 Å². The van der Waals surface area contributed by atoms with Gasteiger partial charge in [0.05, 0.1) is 0 Å². The van der Waals surface area contributed by atoms with E-state index in [9.17, 15) is 14.0 Å². The average molecular weight is 250 g/mol. The molecule has 2 aromatic heterocycles. The molecule has 0 radical (unpaired) electrons. The van der Waals surface area contributed by atoms with E-state index in [1.54, 1.807) is 0 Å². The van der Waals surface area contributed by atoms with Gasteiger partial charge in [0.15, 0.2) is 5.82 Å². The summed E-state index contributed by atoms with van der Waals surface area (Å²) in [6.45, 7) is 0. The van der Waals surface area contributed by atoms with E-state index in [-0.39, 0.29) is 17.2 Å². The van der Waals surface area contributed by atoms with Crippen molar-refractivity contribution in [3.8, 4) is 0 Å². The summed E-state index contributed by atoms with van der Waals surface area (Å²) >= 11 is 0. The first-order chi connectivity index (χ1) is 8.56. The zero-order valence-corrected chi connectivity index (χ0v) is 8.85. The van der Waals surface area contributed by atoms with Crippen molar-refractivity contribution in [1.29, 1.82) is 0 Å². The van der Waals surface area contributed by atoms with Gasteiger partial charge in [0.2, 0.25) is 5.95 Å². The molecule has 0 atom stereocenters. The highest BCUT2D eigenvalue weighted by molar-refractivity contribution is 6.02. The van der Waals surface area contributed by atoms with Gasteiger partial charge in [-0.1, -0.05) is 6.07 Å². The molecule has 0 bridgehead atoms. The smallest absolute Gasteiger partial charge is 0.353 e. The Hall–Kier alpha value is -2.77. The lowest BCUT2D eigenvalue weighted by atomic mass is 10.3. The van der Waals surface area contributed by atoms with Crippen molar-refractivity contribution in [2.45, 2.75) is 0 Å². The SMILES string of the molecule is O=C(Nc1cc(C(=O)O)[nH]n1)c1cccc(F)n1. The molecule has 7 nitrogen and oxygen atoms in total. The van der Waals surface area contributed by atoms with Crippen LogP contribution in [0.25, 0.3) is 0 Å². The Morgan fingerprint density at radius 2 is 2.17 bits per heavy atom. The minimum absolute atomic E-state index is 0.0171. The number of carbonyl (C=O) groups is 2. The summed E-state index contributed by atoms with van der Waals surface area (Å²) in [4.78, 5) is 25.6. The molecule has 0 unspecified atom stereocenters. The highest BCUT2D eigenvalue weighted by atomic mass is 19.1. The number of nitrogens with zero attached hydrogens (tertiary/aromatic N) is 2. The first kappa shape index (κ1) is 11.7. The summed E-state index contributed by atoms with van der Waals surface area (Å²) in [5, 5.41) is 16.7. The Kier molecular flexibility index (Phi) is 3.00. The van der Waals surface area contributed by atoms with Crippen LogP contribution in [-0.4, -0.2) is 32.2 Å². The number of amides is 1. The number of halogens is 1. The minimum Gasteiger partial charge on any atom is -0.477 e. The van der Waals surface area contributed by atoms with Crippen molar-refractivity contribution in [1.82, 2.24) is 15.2 Å². The maximum absolute atomic E-state index is 12.8. The number of H-pyrrole nitrogens is 1. The van der Waals surface area contributed by atoms with Crippen molar-refractivity contribution in [2.24, 2.45) is 0 Å². The Morgan fingerprint density at radius 3 is 2.78 bits per heavy atom. The third-order valence-electron chi connectivity index (χ3n) is 2.00. The molecular formula is C10H7FN4O3. The molecule has 2 rings (SSSR count). The van der Waals surface area contributed by atoms with Crippen LogP contribution in [0, 0.1) is 5.95 Å². The van der Waals surface area contributed by atoms with Crippen molar-refractivity contribution >= 4 is 17.7 Å². The number of aromatic carboxylic acids is 1. The lowest BCUT2D eigenvalue weighted by Crippen LogP contribution is -2.14. The van der Waals surface area contributed by atoms with Crippen molar-refractivity contribution in [3.63, 3.8) is 0 Å². The normalized spacial score (nSPS) is 10.1. The number of pyridine rings is 1. The molecule has 0 saturated heterocycles. The van der Waals surface area contributed by atoms with Crippen molar-refractivity contribution < 1.29 is 19.1 Å². The van der Waals surface area contributed by atoms with Gasteiger partial charge in [0.25, 0.3) is 5.91 Å². The molecule has 0 aliphatic carbocycles. The number of anilines is 1. The molecule has 0 spiro atoms. The molecule has 8 heteroatoms. The number of carboxylic acid groups (broad SMARTS) is 1. The zero-order valence-electron chi connectivity index (χ0n) is 8.85. The topological polar surface area (TPSA) is 108 Å². The summed E-state index contributed by atoms with van der Waals surface area (Å²) in [5.41, 5.74) is -0.299. The van der Waals surface area contributed by atoms with Crippen LogP contribution in [-0.2, 0) is 0 Å². The van der Waals surface area contributed by atoms with E-state index in [1.165, 1.54) is 12.1 Å². The van der Waals surface area contributed by atoms with Crippen LogP contribution in [0.1, 0.15) is 21.0 Å². The van der Waals surface area contributed by atoms with Gasteiger partial charge in [-0.25, -0.2) is 9.78 Å². The number of carboxylic acids is 1. The fourth-order valence-electron chi connectivity index (χ4n) is 1.21. The average Bonchev–Trinajstić information content (AvgIpc) is 2.77. The first-order valence-corrected chi connectivity index (χ1v) is 4.79. The number of carbonyl (C=O) groups excluding carboxylic acids is 1. The Bertz CT molecular complexity index is 611. The Morgan fingerprint density at radius 1 is 1.39 bits per heavy atom. The van der Waals surface area contributed by atoms with Gasteiger partial charge >= 0.3 is 5.97 Å². The van der Waals surface area contributed by atoms with Gasteiger partial charge in [0, 0.05) is 6.07 Å². The number of hydrogen-bond acceptors (Lipinski definition) is 4. The second-order valence-electron chi connectivity index (χ2n) is 3.27. The largest absolute Gasteiger partial charge is 0.477 e. The molecule has 0 aromatic carbocycles. The number of aromatic nitrogens is 3. The Balaban J connectivity index is 2.13. The van der Waals surface area contributed by atoms with E-state index in [0.717, 1.165) is 12.1 Å². The number of rotatable bonds is 3. The highest BCUT2D eigenvalue weighted by Gasteiger charge is 2.12. The number of hydrogen-bond donors (Lipinski definition) is 3. The molecular weight excluding hydrogens is 243 g/mol. The van der Waals surface area contributed by atoms with Crippen molar-refractivity contribution in [3.05, 3.63) is 41.6 Å². The third-order valence-corrected chi connectivity index (χ3v) is 2.00. The molecule has 2 aromatic rings. The lowest BCUT2D eigenvalue weighted by Gasteiger charge is -2.00. The van der Waals surface area contributed by atoms with Gasteiger partial charge in [-0.2, -0.15) is 9.49 Å². The van der Waals surface area contributed by atoms with Crippen LogP contribution in [0.4, 0.5) is 10.2 Å². The first-order valence-electron chi connectivity index (χ1n) is 4.79. The number of nitrogens with one attached hydrogen (secondary N) is 2. The highest BCUT2D eigenvalue weighted by Crippen LogP contribution is 2.07. The maximum Gasteiger partial charge on any atom is 0.353 e. The van der Waals surface area contributed by atoms with Gasteiger partial charge in [-0.3, -0.25) is 9.89 Å². The Labute approximate surface area is 99.7 Å². The van der Waals surface area contributed by atoms with E-state index in [1.807, 2.05) is 0 Å². The second-order valence-corrected chi connectivity index (χ2v) is 3.27. The molecule has 2 heterocycles. The third kappa shape index (κ3) is 2.48. The maximum atomic E-state index is 12.8. The van der Waals surface area contributed by atoms with Crippen molar-refractivity contribution in [2.75, 3.05) is 5.32 Å². The predicted molar refractivity (Wildman–Crippen MR) is 57.7 cm³/mol. The van der Waals surface area contributed by atoms with Gasteiger partial charge < -0.3 is 10.4 Å². The summed E-state index contributed by atoms with van der Waals surface area (Å²) in [6.07, 6.45) is 0. The van der Waals surface area contributed by atoms with E-state index in [2.05, 4.69) is 20.5 Å². The summed E-state index contributed by atoms with van der Waals surface area (Å²) < 4.78 is 12.8. The standard InChI is InChI=1S/C10H7FN4O3/c11-7-3-1-2-5(12-7)9(16)13-8-4-6(10(17)18)14-15-8/h1-4H,(H,17,18)(H2,13,14,15,16). The van der Waals surface area contributed by atoms with E-state index < -0.39 is 17.8 Å². The summed E-state index contributed by atoms with van der Waals surface area (Å²) in [5.74, 6) is -2.65. The lowest BCUT2D eigenvalue weighted by molar-refractivity contribution is 0.0690. The van der Waals surface area contributed by atoms with Gasteiger partial charge in [0.1, 0.15) is 11.4 Å². The number of aromatic amines is 1. The summed E-state index contributed by atoms with van der Waals surface area (Å²) in [7, 11) is 0. The molecule has 1 amide bonds. The van der Waals surface area contributed by atoms with Crippen LogP contribution in [0.5, 0.6) is 0 Å². The minimum atomic E-state index is -1.20. The molecule has 3 N–H and O–H groups in total. The van der Waals surface area contributed by atoms with E-state index >= 15 is 0 Å². The van der Waals surface area contributed by atoms with E-state index in [4.69, 9.17) is 5.11 Å². The van der Waals surface area contributed by atoms with Gasteiger partial charge in [-0.05, 0) is 12.1 Å². The fraction of sp³-hybridized carbons (Fsp3) is 0. The van der Waals surface area contributed by atoms with Crippen LogP contribution >= 0.6 is 0 Å². The zero-order chi connectivity index (χ0) is 13.1. The quantitative estimate of drug-likeness (QED) is 0.701. The second kappa shape index (κ2) is 4.62.